The standard InChI is InChI=1S/C42H58ClN3O5/c1-6-46(19-7-8-28(4)45-35-17-18-44-36-24-30(43)9-11-33(35)36)20-21-50-38(48)15-16-39(49)51-37-14-13-34-41-26(2)22-29-23-31(47)10-12-32(29)40(41)27(3)25-42(34,37)5/h9,11,17-18,23-24,26-28,32,34,37,40-41H,6-8,10,12-16,19-22,25H2,1-5H3,(H,44,45)/t26-,27+,28?,32?,34?,37+,40?,41?,42+/m1/s1. The molecule has 0 aliphatic heterocycles. The number of nitrogens with one attached hydrogen (secondary N) is 1. The fourth-order valence-electron chi connectivity index (χ4n) is 10.7. The van der Waals surface area contributed by atoms with E-state index in [2.05, 4.69) is 49.8 Å². The Bertz CT molecular complexity index is 1610. The van der Waals surface area contributed by atoms with Crippen molar-refractivity contribution in [2.45, 2.75) is 111 Å². The zero-order valence-corrected chi connectivity index (χ0v) is 32.1. The summed E-state index contributed by atoms with van der Waals surface area (Å²) >= 11 is 6.14. The van der Waals surface area contributed by atoms with E-state index < -0.39 is 0 Å². The molecular weight excluding hydrogens is 662 g/mol. The minimum Gasteiger partial charge on any atom is -0.464 e. The van der Waals surface area contributed by atoms with E-state index in [1.54, 1.807) is 6.20 Å². The van der Waals surface area contributed by atoms with Crippen molar-refractivity contribution in [1.29, 1.82) is 0 Å². The largest absolute Gasteiger partial charge is 0.464 e. The van der Waals surface area contributed by atoms with Crippen molar-refractivity contribution < 1.29 is 23.9 Å². The predicted molar refractivity (Wildman–Crippen MR) is 202 cm³/mol. The van der Waals surface area contributed by atoms with E-state index in [0.29, 0.717) is 65.9 Å². The molecule has 1 aromatic carbocycles. The highest BCUT2D eigenvalue weighted by molar-refractivity contribution is 6.31. The molecule has 8 nitrogen and oxygen atoms in total. The van der Waals surface area contributed by atoms with Gasteiger partial charge in [0.15, 0.2) is 5.78 Å². The SMILES string of the molecule is CCN(CCCC(C)Nc1ccnc2cc(Cl)ccc12)CCOC(=O)CCC(=O)O[C@H]1CCC2C3C(C4CCC(=O)C=C4C[C@H]3C)[C@@H](C)C[C@@]21C. The number of nitrogens with zero attached hydrogens (tertiary/aromatic N) is 2. The van der Waals surface area contributed by atoms with Crippen molar-refractivity contribution in [3.63, 3.8) is 0 Å². The number of rotatable bonds is 14. The molecule has 51 heavy (non-hydrogen) atoms. The maximum absolute atomic E-state index is 13.1. The molecule has 1 N–H and O–H groups in total. The molecule has 3 saturated carbocycles. The molecule has 4 aliphatic carbocycles. The van der Waals surface area contributed by atoms with Crippen molar-refractivity contribution >= 4 is 45.9 Å². The molecular formula is C42H58ClN3O5. The fraction of sp³-hybridized carbons (Fsp3) is 0.667. The van der Waals surface area contributed by atoms with Crippen LogP contribution in [0.2, 0.25) is 5.02 Å². The predicted octanol–water partition coefficient (Wildman–Crippen LogP) is 8.66. The molecule has 1 heterocycles. The molecule has 1 aromatic heterocycles. The summed E-state index contributed by atoms with van der Waals surface area (Å²) in [6.07, 6.45) is 11.5. The third-order valence-corrected chi connectivity index (χ3v) is 13.2. The number of pyridine rings is 1. The molecule has 0 spiro atoms. The quantitative estimate of drug-likeness (QED) is 0.194. The van der Waals surface area contributed by atoms with Gasteiger partial charge in [0.2, 0.25) is 0 Å². The maximum Gasteiger partial charge on any atom is 0.306 e. The zero-order chi connectivity index (χ0) is 36.3. The van der Waals surface area contributed by atoms with Crippen molar-refractivity contribution in [1.82, 2.24) is 9.88 Å². The lowest BCUT2D eigenvalue weighted by atomic mass is 9.47. The van der Waals surface area contributed by atoms with Crippen LogP contribution in [0.4, 0.5) is 5.69 Å². The van der Waals surface area contributed by atoms with Crippen LogP contribution < -0.4 is 5.32 Å². The highest BCUT2D eigenvalue weighted by atomic mass is 35.5. The first kappa shape index (κ1) is 37.8. The normalized spacial score (nSPS) is 30.6. The summed E-state index contributed by atoms with van der Waals surface area (Å²) in [6, 6.07) is 8.06. The van der Waals surface area contributed by atoms with Crippen molar-refractivity contribution in [2.24, 2.45) is 40.9 Å². The molecule has 278 valence electrons. The van der Waals surface area contributed by atoms with Gasteiger partial charge in [0.1, 0.15) is 12.7 Å². The van der Waals surface area contributed by atoms with E-state index in [1.807, 2.05) is 30.3 Å². The van der Waals surface area contributed by atoms with Crippen LogP contribution in [-0.4, -0.2) is 66.0 Å². The van der Waals surface area contributed by atoms with Crippen LogP contribution in [0.3, 0.4) is 0 Å². The topological polar surface area (TPSA) is 97.8 Å². The van der Waals surface area contributed by atoms with Crippen molar-refractivity contribution in [3.8, 4) is 0 Å². The van der Waals surface area contributed by atoms with Gasteiger partial charge in [-0.15, -0.1) is 0 Å². The third kappa shape index (κ3) is 8.48. The number of aromatic nitrogens is 1. The number of anilines is 1. The number of hydrogen-bond donors (Lipinski definition) is 1. The van der Waals surface area contributed by atoms with Crippen LogP contribution in [0.5, 0.6) is 0 Å². The van der Waals surface area contributed by atoms with Crippen LogP contribution in [0, 0.1) is 40.9 Å². The Morgan fingerprint density at radius 1 is 1.08 bits per heavy atom. The Balaban J connectivity index is 0.898. The second-order valence-corrected chi connectivity index (χ2v) is 16.8. The lowest BCUT2D eigenvalue weighted by Gasteiger charge is -2.58. The number of likely N-dealkylation sites (N-methyl/N-ethyl adjacent to an activating group) is 1. The van der Waals surface area contributed by atoms with E-state index >= 15 is 0 Å². The molecule has 4 aliphatic rings. The lowest BCUT2D eigenvalue weighted by molar-refractivity contribution is -0.164. The Hall–Kier alpha value is -2.97. The van der Waals surface area contributed by atoms with Crippen LogP contribution in [0.1, 0.15) is 98.8 Å². The molecule has 6 rings (SSSR count). The molecule has 0 radical (unpaired) electrons. The molecule has 0 amide bonds. The molecule has 0 saturated heterocycles. The Morgan fingerprint density at radius 2 is 1.88 bits per heavy atom. The summed E-state index contributed by atoms with van der Waals surface area (Å²) in [5.74, 6) is 2.99. The molecule has 5 unspecified atom stereocenters. The second-order valence-electron chi connectivity index (χ2n) is 16.4. The van der Waals surface area contributed by atoms with Gasteiger partial charge < -0.3 is 19.7 Å². The highest BCUT2D eigenvalue weighted by Gasteiger charge is 2.61. The highest BCUT2D eigenvalue weighted by Crippen LogP contribution is 2.65. The molecule has 0 bridgehead atoms. The average Bonchev–Trinajstić information content (AvgIpc) is 3.40. The van der Waals surface area contributed by atoms with E-state index in [9.17, 15) is 14.4 Å². The van der Waals surface area contributed by atoms with Gasteiger partial charge in [0.05, 0.1) is 18.4 Å². The Kier molecular flexibility index (Phi) is 12.1. The first-order valence-electron chi connectivity index (χ1n) is 19.6. The maximum atomic E-state index is 13.1. The number of fused-ring (bicyclic) bond motifs is 6. The van der Waals surface area contributed by atoms with Crippen molar-refractivity contribution in [3.05, 3.63) is 47.1 Å². The summed E-state index contributed by atoms with van der Waals surface area (Å²) in [7, 11) is 0. The van der Waals surface area contributed by atoms with Gasteiger partial charge in [0, 0.05) is 46.7 Å². The van der Waals surface area contributed by atoms with E-state index in [-0.39, 0.29) is 42.3 Å². The van der Waals surface area contributed by atoms with Gasteiger partial charge in [-0.1, -0.05) is 44.9 Å². The monoisotopic (exact) mass is 719 g/mol. The first-order chi connectivity index (χ1) is 24.5. The number of ketones is 1. The fourth-order valence-corrected chi connectivity index (χ4v) is 10.9. The number of carbonyl (C=O) groups excluding carboxylic acids is 3. The van der Waals surface area contributed by atoms with Crippen LogP contribution in [0.25, 0.3) is 10.9 Å². The zero-order valence-electron chi connectivity index (χ0n) is 31.3. The number of benzene rings is 1. The molecule has 3 fully saturated rings. The third-order valence-electron chi connectivity index (χ3n) is 13.0. The van der Waals surface area contributed by atoms with Gasteiger partial charge >= 0.3 is 11.9 Å². The van der Waals surface area contributed by atoms with Gasteiger partial charge in [-0.3, -0.25) is 19.4 Å². The molecule has 9 atom stereocenters. The lowest BCUT2D eigenvalue weighted by Crippen LogP contribution is -2.54. The minimum absolute atomic E-state index is 0.0452. The van der Waals surface area contributed by atoms with Gasteiger partial charge in [-0.25, -0.2) is 0 Å². The first-order valence-corrected chi connectivity index (χ1v) is 20.0. The number of hydrogen-bond acceptors (Lipinski definition) is 8. The van der Waals surface area contributed by atoms with Crippen LogP contribution in [0.15, 0.2) is 42.1 Å². The van der Waals surface area contributed by atoms with Gasteiger partial charge in [0.25, 0.3) is 0 Å². The summed E-state index contributed by atoms with van der Waals surface area (Å²) in [6.45, 7) is 14.2. The number of ether oxygens (including phenoxy) is 2. The number of esters is 2. The number of carbonyl (C=O) groups is 3. The van der Waals surface area contributed by atoms with E-state index in [0.717, 1.165) is 74.6 Å². The molecule has 9 heteroatoms. The average molecular weight is 720 g/mol. The summed E-state index contributed by atoms with van der Waals surface area (Å²) < 4.78 is 11.7. The number of halogens is 1. The van der Waals surface area contributed by atoms with Gasteiger partial charge in [-0.05, 0) is 131 Å². The number of allylic oxidation sites excluding steroid dienone is 1. The van der Waals surface area contributed by atoms with Crippen LogP contribution >= 0.6 is 11.6 Å². The van der Waals surface area contributed by atoms with Gasteiger partial charge in [-0.2, -0.15) is 0 Å². The van der Waals surface area contributed by atoms with E-state index in [1.165, 1.54) is 5.57 Å². The summed E-state index contributed by atoms with van der Waals surface area (Å²) in [5.41, 5.74) is 3.28. The molecule has 2 aromatic rings. The Labute approximate surface area is 309 Å². The van der Waals surface area contributed by atoms with Crippen LogP contribution in [-0.2, 0) is 23.9 Å². The summed E-state index contributed by atoms with van der Waals surface area (Å²) in [5, 5.41) is 5.36. The minimum atomic E-state index is -0.345. The second kappa shape index (κ2) is 16.4. The summed E-state index contributed by atoms with van der Waals surface area (Å²) in [4.78, 5) is 44.6. The van der Waals surface area contributed by atoms with Crippen molar-refractivity contribution in [2.75, 3.05) is 31.6 Å². The van der Waals surface area contributed by atoms with E-state index in [4.69, 9.17) is 21.1 Å². The Morgan fingerprint density at radius 3 is 2.69 bits per heavy atom. The smallest absolute Gasteiger partial charge is 0.306 e.